The maximum atomic E-state index is 12.7. The second-order valence-corrected chi connectivity index (χ2v) is 8.32. The lowest BCUT2D eigenvalue weighted by Crippen LogP contribution is -2.55. The summed E-state index contributed by atoms with van der Waals surface area (Å²) in [4.78, 5) is 18.8. The number of pyridine rings is 1. The van der Waals surface area contributed by atoms with E-state index in [1.54, 1.807) is 17.9 Å². The highest BCUT2D eigenvalue weighted by molar-refractivity contribution is 7.88. The fourth-order valence-electron chi connectivity index (χ4n) is 3.02. The predicted octanol–water partition coefficient (Wildman–Crippen LogP) is 1.99. The molecular formula is C16H18ClN3O3S. The zero-order chi connectivity index (χ0) is 17.5. The lowest BCUT2D eigenvalue weighted by atomic mass is 10.1. The minimum Gasteiger partial charge on any atom is -0.334 e. The first-order chi connectivity index (χ1) is 11.3. The van der Waals surface area contributed by atoms with Crippen LogP contribution in [0.1, 0.15) is 17.4 Å². The average Bonchev–Trinajstić information content (AvgIpc) is 2.52. The van der Waals surface area contributed by atoms with Crippen LogP contribution in [-0.2, 0) is 10.0 Å². The number of nitrogens with zero attached hydrogens (tertiary/aromatic N) is 3. The van der Waals surface area contributed by atoms with E-state index in [1.807, 2.05) is 24.3 Å². The molecular weight excluding hydrogens is 350 g/mol. The standard InChI is InChI=1S/C16H18ClN3O3S/c1-11-10-19(7-8-20(11)24(2,22)23)16(21)15-9-13(17)12-5-3-4-6-14(12)18-15/h3-6,9,11H,7-8,10H2,1-2H3/t11-/m0/s1. The molecule has 0 bridgehead atoms. The van der Waals surface area contributed by atoms with Crippen LogP contribution < -0.4 is 0 Å². The van der Waals surface area contributed by atoms with Gasteiger partial charge in [0.15, 0.2) is 0 Å². The maximum Gasteiger partial charge on any atom is 0.272 e. The summed E-state index contributed by atoms with van der Waals surface area (Å²) >= 11 is 6.26. The van der Waals surface area contributed by atoms with E-state index in [2.05, 4.69) is 4.98 Å². The van der Waals surface area contributed by atoms with E-state index in [-0.39, 0.29) is 24.2 Å². The Morgan fingerprint density at radius 3 is 2.67 bits per heavy atom. The number of carbonyl (C=O) groups is 1. The normalized spacial score (nSPS) is 19.6. The van der Waals surface area contributed by atoms with Crippen LogP contribution in [0.15, 0.2) is 30.3 Å². The smallest absolute Gasteiger partial charge is 0.272 e. The van der Waals surface area contributed by atoms with Crippen LogP contribution in [0, 0.1) is 0 Å². The molecule has 24 heavy (non-hydrogen) atoms. The number of para-hydroxylation sites is 1. The van der Waals surface area contributed by atoms with Crippen molar-refractivity contribution >= 4 is 38.4 Å². The van der Waals surface area contributed by atoms with Gasteiger partial charge in [-0.25, -0.2) is 13.4 Å². The molecule has 1 aliphatic heterocycles. The van der Waals surface area contributed by atoms with Gasteiger partial charge in [0.1, 0.15) is 5.69 Å². The predicted molar refractivity (Wildman–Crippen MR) is 93.7 cm³/mol. The number of sulfonamides is 1. The molecule has 3 rings (SSSR count). The number of piperazine rings is 1. The number of carbonyl (C=O) groups excluding carboxylic acids is 1. The maximum absolute atomic E-state index is 12.7. The van der Waals surface area contributed by atoms with Gasteiger partial charge in [0.25, 0.3) is 5.91 Å². The average molecular weight is 368 g/mol. The largest absolute Gasteiger partial charge is 0.334 e. The summed E-state index contributed by atoms with van der Waals surface area (Å²) in [7, 11) is -3.27. The van der Waals surface area contributed by atoms with Crippen LogP contribution in [0.5, 0.6) is 0 Å². The summed E-state index contributed by atoms with van der Waals surface area (Å²) in [6, 6.07) is 8.66. The first kappa shape index (κ1) is 17.1. The van der Waals surface area contributed by atoms with Crippen LogP contribution >= 0.6 is 11.6 Å². The van der Waals surface area contributed by atoms with Gasteiger partial charge in [0.2, 0.25) is 10.0 Å². The van der Waals surface area contributed by atoms with Crippen molar-refractivity contribution in [2.24, 2.45) is 0 Å². The van der Waals surface area contributed by atoms with E-state index in [1.165, 1.54) is 10.6 Å². The van der Waals surface area contributed by atoms with Gasteiger partial charge < -0.3 is 4.90 Å². The van der Waals surface area contributed by atoms with Gasteiger partial charge in [-0.15, -0.1) is 0 Å². The number of aromatic nitrogens is 1. The summed E-state index contributed by atoms with van der Waals surface area (Å²) in [5, 5.41) is 1.28. The summed E-state index contributed by atoms with van der Waals surface area (Å²) in [6.07, 6.45) is 1.19. The molecule has 0 aliphatic carbocycles. The van der Waals surface area contributed by atoms with Gasteiger partial charge in [-0.3, -0.25) is 4.79 Å². The Kier molecular flexibility index (Phi) is 4.50. The van der Waals surface area contributed by atoms with Gasteiger partial charge in [0, 0.05) is 31.1 Å². The molecule has 0 N–H and O–H groups in total. The van der Waals surface area contributed by atoms with E-state index < -0.39 is 10.0 Å². The summed E-state index contributed by atoms with van der Waals surface area (Å²) in [5.74, 6) is -0.234. The number of hydrogen-bond donors (Lipinski definition) is 0. The lowest BCUT2D eigenvalue weighted by Gasteiger charge is -2.38. The van der Waals surface area contributed by atoms with E-state index in [0.717, 1.165) is 5.39 Å². The molecule has 2 aromatic rings. The Hall–Kier alpha value is -1.70. The number of benzene rings is 1. The molecule has 1 fully saturated rings. The zero-order valence-corrected chi connectivity index (χ0v) is 15.0. The van der Waals surface area contributed by atoms with Gasteiger partial charge in [-0.05, 0) is 19.1 Å². The molecule has 8 heteroatoms. The molecule has 2 heterocycles. The Morgan fingerprint density at radius 1 is 1.29 bits per heavy atom. The number of halogens is 1. The molecule has 0 saturated carbocycles. The van der Waals surface area contributed by atoms with Gasteiger partial charge in [0.05, 0.1) is 16.8 Å². The number of fused-ring (bicyclic) bond motifs is 1. The highest BCUT2D eigenvalue weighted by Crippen LogP contribution is 2.24. The highest BCUT2D eigenvalue weighted by Gasteiger charge is 2.32. The molecule has 6 nitrogen and oxygen atoms in total. The van der Waals surface area contributed by atoms with Crippen LogP contribution in [0.2, 0.25) is 5.02 Å². The zero-order valence-electron chi connectivity index (χ0n) is 13.4. The molecule has 0 radical (unpaired) electrons. The number of amides is 1. The van der Waals surface area contributed by atoms with Crippen molar-refractivity contribution in [2.45, 2.75) is 13.0 Å². The first-order valence-electron chi connectivity index (χ1n) is 7.59. The summed E-state index contributed by atoms with van der Waals surface area (Å²) < 4.78 is 24.9. The van der Waals surface area contributed by atoms with Crippen molar-refractivity contribution in [3.8, 4) is 0 Å². The third kappa shape index (κ3) is 3.24. The number of hydrogen-bond acceptors (Lipinski definition) is 4. The van der Waals surface area contributed by atoms with Gasteiger partial charge in [-0.2, -0.15) is 4.31 Å². The molecule has 1 aromatic carbocycles. The Labute approximate surface area is 146 Å². The minimum absolute atomic E-state index is 0.234. The monoisotopic (exact) mass is 367 g/mol. The summed E-state index contributed by atoms with van der Waals surface area (Å²) in [5.41, 5.74) is 0.940. The highest BCUT2D eigenvalue weighted by atomic mass is 35.5. The van der Waals surface area contributed by atoms with Crippen LogP contribution in [0.25, 0.3) is 10.9 Å². The molecule has 1 aromatic heterocycles. The van der Waals surface area contributed by atoms with Crippen LogP contribution in [-0.4, -0.2) is 60.4 Å². The molecule has 0 unspecified atom stereocenters. The quantitative estimate of drug-likeness (QED) is 0.813. The fraction of sp³-hybridized carbons (Fsp3) is 0.375. The van der Waals surface area contributed by atoms with E-state index >= 15 is 0 Å². The third-order valence-corrected chi connectivity index (χ3v) is 5.87. The lowest BCUT2D eigenvalue weighted by molar-refractivity contribution is 0.0637. The molecule has 0 spiro atoms. The van der Waals surface area contributed by atoms with E-state index in [0.29, 0.717) is 23.6 Å². The van der Waals surface area contributed by atoms with Gasteiger partial charge in [-0.1, -0.05) is 29.8 Å². The third-order valence-electron chi connectivity index (χ3n) is 4.16. The molecule has 1 atom stereocenters. The van der Waals surface area contributed by atoms with E-state index in [9.17, 15) is 13.2 Å². The Morgan fingerprint density at radius 2 is 2.00 bits per heavy atom. The minimum atomic E-state index is -3.27. The van der Waals surface area contributed by atoms with Gasteiger partial charge >= 0.3 is 0 Å². The first-order valence-corrected chi connectivity index (χ1v) is 9.81. The fourth-order valence-corrected chi connectivity index (χ4v) is 4.42. The number of rotatable bonds is 2. The topological polar surface area (TPSA) is 70.6 Å². The van der Waals surface area contributed by atoms with Crippen molar-refractivity contribution < 1.29 is 13.2 Å². The molecule has 1 saturated heterocycles. The second-order valence-electron chi connectivity index (χ2n) is 5.98. The Balaban J connectivity index is 1.85. The summed E-state index contributed by atoms with van der Waals surface area (Å²) in [6.45, 7) is 2.74. The second kappa shape index (κ2) is 6.31. The van der Waals surface area contributed by atoms with Crippen molar-refractivity contribution in [2.75, 3.05) is 25.9 Å². The van der Waals surface area contributed by atoms with Crippen molar-refractivity contribution in [3.63, 3.8) is 0 Å². The van der Waals surface area contributed by atoms with Crippen molar-refractivity contribution in [1.82, 2.24) is 14.2 Å². The van der Waals surface area contributed by atoms with Crippen LogP contribution in [0.4, 0.5) is 0 Å². The molecule has 1 amide bonds. The molecule has 128 valence electrons. The SMILES string of the molecule is C[C@H]1CN(C(=O)c2cc(Cl)c3ccccc3n2)CCN1S(C)(=O)=O. The molecule has 1 aliphatic rings. The van der Waals surface area contributed by atoms with E-state index in [4.69, 9.17) is 11.6 Å². The van der Waals surface area contributed by atoms with Crippen molar-refractivity contribution in [3.05, 3.63) is 41.0 Å². The van der Waals surface area contributed by atoms with Crippen molar-refractivity contribution in [1.29, 1.82) is 0 Å². The van der Waals surface area contributed by atoms with Crippen LogP contribution in [0.3, 0.4) is 0 Å². The Bertz CT molecular complexity index is 901.